The summed E-state index contributed by atoms with van der Waals surface area (Å²) >= 11 is 6.03. The van der Waals surface area contributed by atoms with Gasteiger partial charge in [-0.3, -0.25) is 10.1 Å². The molecule has 0 aliphatic carbocycles. The van der Waals surface area contributed by atoms with Crippen molar-refractivity contribution in [1.82, 2.24) is 5.32 Å². The molecule has 134 valence electrons. The summed E-state index contributed by atoms with van der Waals surface area (Å²) < 4.78 is 10.5. The van der Waals surface area contributed by atoms with E-state index in [0.717, 1.165) is 5.56 Å². The van der Waals surface area contributed by atoms with Crippen molar-refractivity contribution in [3.8, 4) is 11.5 Å². The van der Waals surface area contributed by atoms with Gasteiger partial charge in [-0.1, -0.05) is 17.7 Å². The highest BCUT2D eigenvalue weighted by atomic mass is 35.5. The molecule has 0 unspecified atom stereocenters. The Kier molecular flexibility index (Phi) is 6.85. The number of nitrogens with one attached hydrogen (secondary N) is 2. The van der Waals surface area contributed by atoms with Gasteiger partial charge in [0, 0.05) is 31.8 Å². The van der Waals surface area contributed by atoms with Gasteiger partial charge < -0.3 is 20.1 Å². The molecule has 0 bridgehead atoms. The van der Waals surface area contributed by atoms with E-state index in [9.17, 15) is 10.1 Å². The van der Waals surface area contributed by atoms with E-state index in [-0.39, 0.29) is 5.69 Å². The average Bonchev–Trinajstić information content (AvgIpc) is 2.62. The first kappa shape index (κ1) is 18.8. The highest BCUT2D eigenvalue weighted by Crippen LogP contribution is 2.28. The van der Waals surface area contributed by atoms with Gasteiger partial charge in [-0.05, 0) is 23.8 Å². The molecular formula is C17H20ClN3O4. The number of non-ortho nitro benzene ring substituents is 1. The first-order chi connectivity index (χ1) is 12.0. The van der Waals surface area contributed by atoms with Gasteiger partial charge in [0.15, 0.2) is 11.5 Å². The summed E-state index contributed by atoms with van der Waals surface area (Å²) in [5.74, 6) is 1.39. The lowest BCUT2D eigenvalue weighted by molar-refractivity contribution is -0.384. The minimum absolute atomic E-state index is 0.0258. The summed E-state index contributed by atoms with van der Waals surface area (Å²) in [5, 5.41) is 17.5. The molecule has 8 heteroatoms. The fourth-order valence-electron chi connectivity index (χ4n) is 2.27. The summed E-state index contributed by atoms with van der Waals surface area (Å²) in [5.41, 5.74) is 1.72. The third kappa shape index (κ3) is 5.23. The quantitative estimate of drug-likeness (QED) is 0.402. The zero-order valence-corrected chi connectivity index (χ0v) is 14.8. The Morgan fingerprint density at radius 2 is 1.84 bits per heavy atom. The summed E-state index contributed by atoms with van der Waals surface area (Å²) in [7, 11) is 3.21. The van der Waals surface area contributed by atoms with Crippen LogP contribution in [0, 0.1) is 10.1 Å². The maximum atomic E-state index is 10.7. The zero-order valence-electron chi connectivity index (χ0n) is 14.0. The van der Waals surface area contributed by atoms with Gasteiger partial charge in [0.25, 0.3) is 5.69 Å². The number of anilines is 1. The highest BCUT2D eigenvalue weighted by Gasteiger charge is 2.09. The molecule has 0 aliphatic rings. The number of hydrogen-bond acceptors (Lipinski definition) is 6. The van der Waals surface area contributed by atoms with Gasteiger partial charge in [0.05, 0.1) is 29.9 Å². The SMILES string of the molecule is COc1ccc(CNCCNc2ccc([N+](=O)[O-])cc2Cl)cc1OC. The molecule has 2 rings (SSSR count). The molecule has 0 aromatic heterocycles. The highest BCUT2D eigenvalue weighted by molar-refractivity contribution is 6.33. The van der Waals surface area contributed by atoms with Crippen LogP contribution in [0.1, 0.15) is 5.56 Å². The predicted molar refractivity (Wildman–Crippen MR) is 97.8 cm³/mol. The van der Waals surface area contributed by atoms with E-state index in [4.69, 9.17) is 21.1 Å². The predicted octanol–water partition coefficient (Wildman–Crippen LogP) is 3.47. The van der Waals surface area contributed by atoms with Crippen LogP contribution in [0.5, 0.6) is 11.5 Å². The molecule has 0 aliphatic heterocycles. The minimum Gasteiger partial charge on any atom is -0.493 e. The molecule has 2 aromatic carbocycles. The molecule has 0 fully saturated rings. The molecule has 0 radical (unpaired) electrons. The molecule has 2 aromatic rings. The molecule has 0 heterocycles. The van der Waals surface area contributed by atoms with E-state index in [1.807, 2.05) is 18.2 Å². The van der Waals surface area contributed by atoms with Crippen LogP contribution in [0.25, 0.3) is 0 Å². The fourth-order valence-corrected chi connectivity index (χ4v) is 2.51. The van der Waals surface area contributed by atoms with Crippen LogP contribution in [-0.2, 0) is 6.54 Å². The van der Waals surface area contributed by atoms with Crippen LogP contribution in [0.2, 0.25) is 5.02 Å². The van der Waals surface area contributed by atoms with Crippen LogP contribution in [-0.4, -0.2) is 32.2 Å². The number of benzene rings is 2. The summed E-state index contributed by atoms with van der Waals surface area (Å²) in [6.45, 7) is 2.00. The molecule has 7 nitrogen and oxygen atoms in total. The Labute approximate surface area is 151 Å². The molecule has 0 saturated carbocycles. The topological polar surface area (TPSA) is 85.7 Å². The smallest absolute Gasteiger partial charge is 0.271 e. The number of nitro benzene ring substituents is 1. The van der Waals surface area contributed by atoms with Crippen LogP contribution < -0.4 is 20.1 Å². The Morgan fingerprint density at radius 1 is 1.08 bits per heavy atom. The summed E-state index contributed by atoms with van der Waals surface area (Å²) in [4.78, 5) is 10.2. The Hall–Kier alpha value is -2.51. The maximum Gasteiger partial charge on any atom is 0.271 e. The molecule has 0 atom stereocenters. The average molecular weight is 366 g/mol. The number of hydrogen-bond donors (Lipinski definition) is 2. The first-order valence-electron chi connectivity index (χ1n) is 7.64. The van der Waals surface area contributed by atoms with E-state index in [0.29, 0.717) is 41.8 Å². The van der Waals surface area contributed by atoms with Crippen molar-refractivity contribution < 1.29 is 14.4 Å². The molecular weight excluding hydrogens is 346 g/mol. The second-order valence-corrected chi connectivity index (χ2v) is 5.62. The lowest BCUT2D eigenvalue weighted by Crippen LogP contribution is -2.21. The minimum atomic E-state index is -0.472. The Balaban J connectivity index is 1.79. The van der Waals surface area contributed by atoms with Crippen molar-refractivity contribution in [3.63, 3.8) is 0 Å². The lowest BCUT2D eigenvalue weighted by Gasteiger charge is -2.11. The van der Waals surface area contributed by atoms with Crippen LogP contribution in [0.4, 0.5) is 11.4 Å². The van der Waals surface area contributed by atoms with Gasteiger partial charge in [-0.2, -0.15) is 0 Å². The third-order valence-electron chi connectivity index (χ3n) is 3.56. The van der Waals surface area contributed by atoms with Gasteiger partial charge in [-0.25, -0.2) is 0 Å². The summed E-state index contributed by atoms with van der Waals surface area (Å²) in [6, 6.07) is 10.1. The molecule has 0 saturated heterocycles. The number of rotatable bonds is 9. The van der Waals surface area contributed by atoms with Gasteiger partial charge in [-0.15, -0.1) is 0 Å². The first-order valence-corrected chi connectivity index (χ1v) is 8.02. The maximum absolute atomic E-state index is 10.7. The number of ether oxygens (including phenoxy) is 2. The normalized spacial score (nSPS) is 10.4. The van der Waals surface area contributed by atoms with Gasteiger partial charge in [0.1, 0.15) is 0 Å². The monoisotopic (exact) mass is 365 g/mol. The number of nitro groups is 1. The van der Waals surface area contributed by atoms with E-state index in [1.54, 1.807) is 20.3 Å². The Bertz CT molecular complexity index is 740. The van der Waals surface area contributed by atoms with Crippen LogP contribution >= 0.6 is 11.6 Å². The number of nitrogens with zero attached hydrogens (tertiary/aromatic N) is 1. The van der Waals surface area contributed by atoms with Crippen molar-refractivity contribution in [1.29, 1.82) is 0 Å². The number of halogens is 1. The largest absolute Gasteiger partial charge is 0.493 e. The van der Waals surface area contributed by atoms with Crippen molar-refractivity contribution in [2.45, 2.75) is 6.54 Å². The zero-order chi connectivity index (χ0) is 18.2. The lowest BCUT2D eigenvalue weighted by atomic mass is 10.2. The second-order valence-electron chi connectivity index (χ2n) is 5.21. The van der Waals surface area contributed by atoms with Gasteiger partial charge >= 0.3 is 0 Å². The van der Waals surface area contributed by atoms with Crippen LogP contribution in [0.3, 0.4) is 0 Å². The molecule has 0 amide bonds. The standard InChI is InChI=1S/C17H20ClN3O4/c1-24-16-6-3-12(9-17(16)25-2)11-19-7-8-20-15-5-4-13(21(22)23)10-14(15)18/h3-6,9-10,19-20H,7-8,11H2,1-2H3. The van der Waals surface area contributed by atoms with E-state index >= 15 is 0 Å². The van der Waals surface area contributed by atoms with Crippen LogP contribution in [0.15, 0.2) is 36.4 Å². The molecule has 25 heavy (non-hydrogen) atoms. The van der Waals surface area contributed by atoms with E-state index in [2.05, 4.69) is 10.6 Å². The third-order valence-corrected chi connectivity index (χ3v) is 3.87. The van der Waals surface area contributed by atoms with Crippen molar-refractivity contribution in [2.75, 3.05) is 32.6 Å². The molecule has 2 N–H and O–H groups in total. The number of methoxy groups -OCH3 is 2. The van der Waals surface area contributed by atoms with Crippen molar-refractivity contribution >= 4 is 23.0 Å². The van der Waals surface area contributed by atoms with Crippen molar-refractivity contribution in [2.24, 2.45) is 0 Å². The van der Waals surface area contributed by atoms with Crippen molar-refractivity contribution in [3.05, 3.63) is 57.1 Å². The van der Waals surface area contributed by atoms with E-state index in [1.165, 1.54) is 12.1 Å². The Morgan fingerprint density at radius 3 is 2.48 bits per heavy atom. The molecule has 0 spiro atoms. The second kappa shape index (κ2) is 9.10. The van der Waals surface area contributed by atoms with Gasteiger partial charge in [0.2, 0.25) is 0 Å². The van der Waals surface area contributed by atoms with E-state index < -0.39 is 4.92 Å². The fraction of sp³-hybridized carbons (Fsp3) is 0.294. The summed E-state index contributed by atoms with van der Waals surface area (Å²) in [6.07, 6.45) is 0.